The van der Waals surface area contributed by atoms with Crippen molar-refractivity contribution in [2.45, 2.75) is 62.9 Å². The maximum Gasteiger partial charge on any atom is 0.228 e. The van der Waals surface area contributed by atoms with Crippen molar-refractivity contribution in [3.05, 3.63) is 30.1 Å². The Morgan fingerprint density at radius 3 is 2.71 bits per heavy atom. The molecule has 0 radical (unpaired) electrons. The Hall–Kier alpha value is -1.88. The van der Waals surface area contributed by atoms with Crippen LogP contribution in [0.1, 0.15) is 63.1 Å². The van der Waals surface area contributed by atoms with Gasteiger partial charge in [0.05, 0.1) is 22.0 Å². The molecule has 148 valence electrons. The van der Waals surface area contributed by atoms with Crippen molar-refractivity contribution in [2.75, 3.05) is 13.1 Å². The molecule has 5 fully saturated rings. The van der Waals surface area contributed by atoms with Gasteiger partial charge in [0, 0.05) is 19.0 Å². The molecular formula is C23H29N3O2. The van der Waals surface area contributed by atoms with Crippen molar-refractivity contribution in [1.29, 1.82) is 0 Å². The lowest BCUT2D eigenvalue weighted by atomic mass is 9.47. The van der Waals surface area contributed by atoms with Crippen LogP contribution in [0.25, 0.3) is 11.0 Å². The third-order valence-corrected chi connectivity index (χ3v) is 7.99. The number of nitrogens with zero attached hydrogens (tertiary/aromatic N) is 2. The number of hydrogen-bond acceptors (Lipinski definition) is 3. The summed E-state index contributed by atoms with van der Waals surface area (Å²) < 4.78 is 0. The molecule has 5 nitrogen and oxygen atoms in total. The predicted molar refractivity (Wildman–Crippen MR) is 107 cm³/mol. The van der Waals surface area contributed by atoms with Crippen LogP contribution in [0.5, 0.6) is 0 Å². The van der Waals surface area contributed by atoms with Gasteiger partial charge in [0.2, 0.25) is 5.91 Å². The molecule has 1 amide bonds. The third kappa shape index (κ3) is 2.55. The lowest BCUT2D eigenvalue weighted by molar-refractivity contribution is -0.186. The van der Waals surface area contributed by atoms with Crippen LogP contribution in [0.2, 0.25) is 0 Å². The Labute approximate surface area is 165 Å². The molecule has 5 heteroatoms. The van der Waals surface area contributed by atoms with Gasteiger partial charge in [-0.2, -0.15) is 0 Å². The monoisotopic (exact) mass is 379 g/mol. The fraction of sp³-hybridized carbons (Fsp3) is 0.652. The van der Waals surface area contributed by atoms with Gasteiger partial charge in [-0.05, 0) is 75.3 Å². The van der Waals surface area contributed by atoms with Crippen molar-refractivity contribution in [3.8, 4) is 0 Å². The minimum absolute atomic E-state index is 0.280. The number of fused-ring (bicyclic) bond motifs is 1. The molecule has 0 spiro atoms. The van der Waals surface area contributed by atoms with Crippen molar-refractivity contribution < 1.29 is 9.90 Å². The Morgan fingerprint density at radius 1 is 1.18 bits per heavy atom. The first-order chi connectivity index (χ1) is 13.5. The molecular weight excluding hydrogens is 350 g/mol. The van der Waals surface area contributed by atoms with E-state index < -0.39 is 5.60 Å². The number of para-hydroxylation sites is 2. The summed E-state index contributed by atoms with van der Waals surface area (Å²) in [5, 5.41) is 11.0. The molecule has 4 bridgehead atoms. The highest BCUT2D eigenvalue weighted by Crippen LogP contribution is 2.62. The minimum atomic E-state index is -0.576. The van der Waals surface area contributed by atoms with Crippen molar-refractivity contribution >= 4 is 16.9 Å². The molecule has 1 saturated heterocycles. The molecule has 2 heterocycles. The van der Waals surface area contributed by atoms with Crippen molar-refractivity contribution in [3.63, 3.8) is 0 Å². The van der Waals surface area contributed by atoms with E-state index in [-0.39, 0.29) is 11.3 Å². The van der Waals surface area contributed by atoms with Gasteiger partial charge in [-0.25, -0.2) is 4.98 Å². The van der Waals surface area contributed by atoms with E-state index in [2.05, 4.69) is 16.0 Å². The van der Waals surface area contributed by atoms with E-state index in [1.54, 1.807) is 0 Å². The van der Waals surface area contributed by atoms with Gasteiger partial charge in [-0.1, -0.05) is 12.1 Å². The molecule has 2 aromatic rings. The number of nitrogens with one attached hydrogen (secondary N) is 1. The summed E-state index contributed by atoms with van der Waals surface area (Å²) in [5.74, 6) is 2.71. The average molecular weight is 380 g/mol. The number of H-pyrrole nitrogens is 1. The fourth-order valence-corrected chi connectivity index (χ4v) is 7.35. The topological polar surface area (TPSA) is 69.2 Å². The highest BCUT2D eigenvalue weighted by Gasteiger charge is 2.61. The van der Waals surface area contributed by atoms with Crippen molar-refractivity contribution in [2.24, 2.45) is 17.3 Å². The summed E-state index contributed by atoms with van der Waals surface area (Å²) in [7, 11) is 0. The SMILES string of the molecule is O=C(N1CCC[C@H](c2nc3ccccc3[nH]2)C1)C12C[C@H]3C[C@@H](CC(O)(C3)C1)C2. The molecule has 4 aliphatic carbocycles. The first kappa shape index (κ1) is 17.0. The van der Waals surface area contributed by atoms with E-state index in [0.29, 0.717) is 24.2 Å². The van der Waals surface area contributed by atoms with Gasteiger partial charge >= 0.3 is 0 Å². The van der Waals surface area contributed by atoms with Crippen molar-refractivity contribution in [1.82, 2.24) is 14.9 Å². The number of imidazole rings is 1. The summed E-state index contributed by atoms with van der Waals surface area (Å²) in [6.45, 7) is 1.61. The second-order valence-electron chi connectivity index (χ2n) is 10.2. The zero-order chi connectivity index (χ0) is 18.9. The van der Waals surface area contributed by atoms with Crippen LogP contribution in [-0.2, 0) is 4.79 Å². The highest BCUT2D eigenvalue weighted by molar-refractivity contribution is 5.84. The Bertz CT molecular complexity index is 888. The number of aliphatic hydroxyl groups is 1. The Morgan fingerprint density at radius 2 is 1.96 bits per heavy atom. The first-order valence-corrected chi connectivity index (χ1v) is 11.0. The third-order valence-electron chi connectivity index (χ3n) is 7.99. The molecule has 28 heavy (non-hydrogen) atoms. The predicted octanol–water partition coefficient (Wildman–Crippen LogP) is 3.60. The van der Waals surface area contributed by atoms with E-state index in [4.69, 9.17) is 4.98 Å². The molecule has 4 saturated carbocycles. The lowest BCUT2D eigenvalue weighted by Gasteiger charge is -2.60. The largest absolute Gasteiger partial charge is 0.390 e. The number of amides is 1. The number of carbonyl (C=O) groups excluding carboxylic acids is 1. The van der Waals surface area contributed by atoms with Crippen LogP contribution in [0, 0.1) is 17.3 Å². The first-order valence-electron chi connectivity index (χ1n) is 11.0. The lowest BCUT2D eigenvalue weighted by Crippen LogP contribution is -2.61. The number of hydrogen-bond donors (Lipinski definition) is 2. The molecule has 1 aromatic carbocycles. The maximum absolute atomic E-state index is 13.7. The number of likely N-dealkylation sites (tertiary alicyclic amines) is 1. The fourth-order valence-electron chi connectivity index (χ4n) is 7.35. The van der Waals surface area contributed by atoms with E-state index in [1.165, 1.54) is 6.42 Å². The van der Waals surface area contributed by atoms with Crippen LogP contribution in [-0.4, -0.2) is 44.6 Å². The Kier molecular flexibility index (Phi) is 3.54. The number of aromatic amines is 1. The zero-order valence-electron chi connectivity index (χ0n) is 16.4. The second kappa shape index (κ2) is 5.82. The van der Waals surface area contributed by atoms with Gasteiger partial charge in [0.1, 0.15) is 5.82 Å². The summed E-state index contributed by atoms with van der Waals surface area (Å²) in [4.78, 5) is 24.1. The van der Waals surface area contributed by atoms with Gasteiger partial charge < -0.3 is 15.0 Å². The van der Waals surface area contributed by atoms with Crippen LogP contribution in [0.4, 0.5) is 0 Å². The van der Waals surface area contributed by atoms with Gasteiger partial charge in [-0.15, -0.1) is 0 Å². The van der Waals surface area contributed by atoms with E-state index >= 15 is 0 Å². The summed E-state index contributed by atoms with van der Waals surface area (Å²) in [6, 6.07) is 8.14. The summed E-state index contributed by atoms with van der Waals surface area (Å²) in [5.41, 5.74) is 1.20. The molecule has 1 aromatic heterocycles. The summed E-state index contributed by atoms with van der Waals surface area (Å²) >= 11 is 0. The molecule has 5 aliphatic rings. The van der Waals surface area contributed by atoms with Crippen LogP contribution in [0.3, 0.4) is 0 Å². The van der Waals surface area contributed by atoms with Gasteiger partial charge in [0.15, 0.2) is 0 Å². The minimum Gasteiger partial charge on any atom is -0.390 e. The van der Waals surface area contributed by atoms with E-state index in [1.807, 2.05) is 18.2 Å². The smallest absolute Gasteiger partial charge is 0.228 e. The number of rotatable bonds is 2. The van der Waals surface area contributed by atoms with Gasteiger partial charge in [-0.3, -0.25) is 4.79 Å². The standard InChI is InChI=1S/C23H29N3O2/c27-21(22-9-15-8-16(10-22)12-23(28,11-15)14-22)26-7-3-4-17(13-26)20-24-18-5-1-2-6-19(18)25-20/h1-2,5-6,15-17,28H,3-4,7-14H2,(H,24,25)/t15-,16-,17+,22?,23?/m1/s1. The molecule has 3 atom stereocenters. The Balaban J connectivity index is 1.25. The van der Waals surface area contributed by atoms with E-state index in [0.717, 1.165) is 68.5 Å². The number of benzene rings is 1. The number of aromatic nitrogens is 2. The highest BCUT2D eigenvalue weighted by atomic mass is 16.3. The van der Waals surface area contributed by atoms with Crippen LogP contribution < -0.4 is 0 Å². The summed E-state index contributed by atoms with van der Waals surface area (Å²) in [6.07, 6.45) is 7.84. The van der Waals surface area contributed by atoms with E-state index in [9.17, 15) is 9.90 Å². The van der Waals surface area contributed by atoms with Crippen LogP contribution >= 0.6 is 0 Å². The average Bonchev–Trinajstić information content (AvgIpc) is 3.10. The number of carbonyl (C=O) groups is 1. The van der Waals surface area contributed by atoms with Gasteiger partial charge in [0.25, 0.3) is 0 Å². The zero-order valence-corrected chi connectivity index (χ0v) is 16.4. The molecule has 7 rings (SSSR count). The molecule has 2 N–H and O–H groups in total. The normalized spacial score (nSPS) is 39.6. The second-order valence-corrected chi connectivity index (χ2v) is 10.2. The molecule has 0 unspecified atom stereocenters. The molecule has 1 aliphatic heterocycles. The quantitative estimate of drug-likeness (QED) is 0.838. The number of piperidine rings is 1. The van der Waals surface area contributed by atoms with Crippen LogP contribution in [0.15, 0.2) is 24.3 Å². The maximum atomic E-state index is 13.7.